The summed E-state index contributed by atoms with van der Waals surface area (Å²) in [5.74, 6) is -1.12. The average Bonchev–Trinajstić information content (AvgIpc) is 2.68. The van der Waals surface area contributed by atoms with Crippen LogP contribution < -0.4 is 16.2 Å². The van der Waals surface area contributed by atoms with Crippen LogP contribution in [0.1, 0.15) is 11.0 Å². The van der Waals surface area contributed by atoms with Crippen molar-refractivity contribution in [1.29, 1.82) is 0 Å². The van der Waals surface area contributed by atoms with Gasteiger partial charge in [-0.05, 0) is 18.2 Å². The van der Waals surface area contributed by atoms with Gasteiger partial charge >= 0.3 is 6.36 Å². The Balaban J connectivity index is 2.36. The Morgan fingerprint density at radius 3 is 2.68 bits per heavy atom. The Labute approximate surface area is 109 Å². The summed E-state index contributed by atoms with van der Waals surface area (Å²) in [6.07, 6.45) is -4.76. The van der Waals surface area contributed by atoms with Gasteiger partial charge in [-0.15, -0.1) is 24.5 Å². The molecule has 1 heterocycles. The maximum absolute atomic E-state index is 12.1. The fraction of sp³-hybridized carbons (Fsp3) is 0.200. The summed E-state index contributed by atoms with van der Waals surface area (Å²) in [5, 5.41) is 0.242. The summed E-state index contributed by atoms with van der Waals surface area (Å²) in [4.78, 5) is 14.9. The fourth-order valence-electron chi connectivity index (χ4n) is 1.37. The van der Waals surface area contributed by atoms with Crippen LogP contribution in [0.2, 0.25) is 0 Å². The Kier molecular flexibility index (Phi) is 3.33. The monoisotopic (exact) mass is 291 g/mol. The zero-order valence-electron chi connectivity index (χ0n) is 9.27. The second kappa shape index (κ2) is 4.67. The van der Waals surface area contributed by atoms with Crippen LogP contribution in [0.15, 0.2) is 18.2 Å². The highest BCUT2D eigenvalue weighted by atomic mass is 32.1. The lowest BCUT2D eigenvalue weighted by Gasteiger charge is -2.07. The molecule has 0 radical (unpaired) electrons. The van der Waals surface area contributed by atoms with E-state index in [2.05, 4.69) is 9.72 Å². The van der Waals surface area contributed by atoms with Crippen molar-refractivity contribution < 1.29 is 22.7 Å². The third-order valence-electron chi connectivity index (χ3n) is 2.18. The lowest BCUT2D eigenvalue weighted by Crippen LogP contribution is -2.27. The van der Waals surface area contributed by atoms with Crippen molar-refractivity contribution in [3.63, 3.8) is 0 Å². The Hall–Kier alpha value is -1.87. The van der Waals surface area contributed by atoms with Crippen LogP contribution in [-0.2, 0) is 4.79 Å². The molecule has 0 aliphatic rings. The van der Waals surface area contributed by atoms with Crippen LogP contribution in [0, 0.1) is 0 Å². The number of hydrogen-bond donors (Lipinski definition) is 2. The molecule has 5 nitrogen and oxygen atoms in total. The average molecular weight is 291 g/mol. The van der Waals surface area contributed by atoms with Crippen molar-refractivity contribution in [2.45, 2.75) is 12.4 Å². The van der Waals surface area contributed by atoms with Gasteiger partial charge in [-0.3, -0.25) is 4.79 Å². The summed E-state index contributed by atoms with van der Waals surface area (Å²) >= 11 is 0.990. The van der Waals surface area contributed by atoms with Gasteiger partial charge < -0.3 is 16.2 Å². The molecule has 2 aromatic rings. The van der Waals surface area contributed by atoms with E-state index in [4.69, 9.17) is 11.5 Å². The predicted molar refractivity (Wildman–Crippen MR) is 62.4 cm³/mol. The van der Waals surface area contributed by atoms with E-state index in [9.17, 15) is 18.0 Å². The normalized spacial score (nSPS) is 13.5. The molecule has 0 bridgehead atoms. The molecule has 0 aliphatic carbocycles. The number of halogens is 3. The molecule has 1 aromatic heterocycles. The highest BCUT2D eigenvalue weighted by Gasteiger charge is 2.31. The number of thiazole rings is 1. The van der Waals surface area contributed by atoms with Crippen molar-refractivity contribution in [2.75, 3.05) is 0 Å². The summed E-state index contributed by atoms with van der Waals surface area (Å²) < 4.78 is 40.4. The number of ether oxygens (including phenoxy) is 1. The Bertz CT molecular complexity index is 626. The molecule has 0 spiro atoms. The maximum atomic E-state index is 12.1. The number of carbonyl (C=O) groups is 1. The highest BCUT2D eigenvalue weighted by Crippen LogP contribution is 2.31. The van der Waals surface area contributed by atoms with Gasteiger partial charge in [0.15, 0.2) is 0 Å². The van der Waals surface area contributed by atoms with Crippen LogP contribution >= 0.6 is 11.3 Å². The number of nitrogens with zero attached hydrogens (tertiary/aromatic N) is 1. The molecule has 102 valence electrons. The van der Waals surface area contributed by atoms with E-state index < -0.39 is 18.3 Å². The quantitative estimate of drug-likeness (QED) is 0.900. The zero-order valence-corrected chi connectivity index (χ0v) is 10.1. The second-order valence-electron chi connectivity index (χ2n) is 3.61. The molecule has 4 N–H and O–H groups in total. The topological polar surface area (TPSA) is 91.2 Å². The molecular formula is C10H8F3N3O2S. The largest absolute Gasteiger partial charge is 0.573 e. The number of amides is 1. The SMILES string of the molecule is NC(=O)C(N)c1nc2ccc(OC(F)(F)F)cc2s1. The zero-order chi connectivity index (χ0) is 14.2. The van der Waals surface area contributed by atoms with Crippen LogP contribution in [-0.4, -0.2) is 17.3 Å². The summed E-state index contributed by atoms with van der Waals surface area (Å²) in [7, 11) is 0. The second-order valence-corrected chi connectivity index (χ2v) is 4.67. The van der Waals surface area contributed by atoms with Crippen molar-refractivity contribution >= 4 is 27.5 Å². The van der Waals surface area contributed by atoms with E-state index in [-0.39, 0.29) is 10.8 Å². The molecule has 1 aromatic carbocycles. The summed E-state index contributed by atoms with van der Waals surface area (Å²) in [6, 6.07) is 2.58. The first-order valence-corrected chi connectivity index (χ1v) is 5.79. The predicted octanol–water partition coefficient (Wildman–Crippen LogP) is 1.68. The lowest BCUT2D eigenvalue weighted by atomic mass is 10.3. The van der Waals surface area contributed by atoms with E-state index in [0.29, 0.717) is 10.2 Å². The van der Waals surface area contributed by atoms with E-state index in [1.807, 2.05) is 0 Å². The lowest BCUT2D eigenvalue weighted by molar-refractivity contribution is -0.274. The third kappa shape index (κ3) is 3.12. The number of carbonyl (C=O) groups excluding carboxylic acids is 1. The van der Waals surface area contributed by atoms with E-state index in [1.165, 1.54) is 12.1 Å². The number of nitrogens with two attached hydrogens (primary N) is 2. The van der Waals surface area contributed by atoms with Crippen molar-refractivity contribution in [3.8, 4) is 5.75 Å². The van der Waals surface area contributed by atoms with Crippen LogP contribution in [0.3, 0.4) is 0 Å². The van der Waals surface area contributed by atoms with Gasteiger partial charge in [0.2, 0.25) is 5.91 Å². The minimum Gasteiger partial charge on any atom is -0.406 e. The molecule has 0 saturated carbocycles. The number of rotatable bonds is 3. The van der Waals surface area contributed by atoms with Gasteiger partial charge in [-0.2, -0.15) is 0 Å². The Morgan fingerprint density at radius 1 is 1.42 bits per heavy atom. The molecular weight excluding hydrogens is 283 g/mol. The van der Waals surface area contributed by atoms with Gasteiger partial charge in [-0.25, -0.2) is 4.98 Å². The number of alkyl halides is 3. The van der Waals surface area contributed by atoms with E-state index in [1.54, 1.807) is 0 Å². The molecule has 2 rings (SSSR count). The maximum Gasteiger partial charge on any atom is 0.573 e. The molecule has 19 heavy (non-hydrogen) atoms. The van der Waals surface area contributed by atoms with Gasteiger partial charge in [0, 0.05) is 0 Å². The van der Waals surface area contributed by atoms with Crippen molar-refractivity contribution in [3.05, 3.63) is 23.2 Å². The minimum absolute atomic E-state index is 0.242. The van der Waals surface area contributed by atoms with Gasteiger partial charge in [0.05, 0.1) is 10.2 Å². The first-order chi connectivity index (χ1) is 8.76. The molecule has 1 unspecified atom stereocenters. The molecule has 1 amide bonds. The van der Waals surface area contributed by atoms with Crippen LogP contribution in [0.4, 0.5) is 13.2 Å². The van der Waals surface area contributed by atoms with Crippen molar-refractivity contribution in [1.82, 2.24) is 4.98 Å². The van der Waals surface area contributed by atoms with Crippen molar-refractivity contribution in [2.24, 2.45) is 11.5 Å². The minimum atomic E-state index is -4.76. The number of hydrogen-bond acceptors (Lipinski definition) is 5. The number of fused-ring (bicyclic) bond motifs is 1. The smallest absolute Gasteiger partial charge is 0.406 e. The Morgan fingerprint density at radius 2 is 2.11 bits per heavy atom. The number of benzene rings is 1. The van der Waals surface area contributed by atoms with Gasteiger partial charge in [-0.1, -0.05) is 0 Å². The van der Waals surface area contributed by atoms with Gasteiger partial charge in [0.1, 0.15) is 16.8 Å². The molecule has 9 heteroatoms. The van der Waals surface area contributed by atoms with Crippen LogP contribution in [0.25, 0.3) is 10.2 Å². The van der Waals surface area contributed by atoms with Crippen LogP contribution in [0.5, 0.6) is 5.75 Å². The highest BCUT2D eigenvalue weighted by molar-refractivity contribution is 7.18. The first kappa shape index (κ1) is 13.6. The van der Waals surface area contributed by atoms with E-state index >= 15 is 0 Å². The molecule has 1 atom stereocenters. The van der Waals surface area contributed by atoms with E-state index in [0.717, 1.165) is 17.4 Å². The standard InChI is InChI=1S/C10H8F3N3O2S/c11-10(12,13)18-4-1-2-5-6(3-4)19-9(16-5)7(14)8(15)17/h1-3,7H,14H2,(H2,15,17). The van der Waals surface area contributed by atoms with Gasteiger partial charge in [0.25, 0.3) is 0 Å². The summed E-state index contributed by atoms with van der Waals surface area (Å²) in [6.45, 7) is 0. The first-order valence-electron chi connectivity index (χ1n) is 4.97. The number of primary amides is 1. The molecule has 0 saturated heterocycles. The summed E-state index contributed by atoms with van der Waals surface area (Å²) in [5.41, 5.74) is 11.0. The molecule has 0 aliphatic heterocycles. The number of aromatic nitrogens is 1. The third-order valence-corrected chi connectivity index (χ3v) is 3.28. The molecule has 0 fully saturated rings. The fourth-order valence-corrected chi connectivity index (χ4v) is 2.38.